The number of aliphatic hydroxyl groups is 1. The number of likely N-dealkylation sites (tertiary alicyclic amines) is 1. The van der Waals surface area contributed by atoms with E-state index in [1.807, 2.05) is 12.1 Å². The van der Waals surface area contributed by atoms with Gasteiger partial charge in [-0.15, -0.1) is 0 Å². The third kappa shape index (κ3) is 3.97. The Balaban J connectivity index is 1.44. The van der Waals surface area contributed by atoms with E-state index in [9.17, 15) is 9.90 Å². The van der Waals surface area contributed by atoms with E-state index in [2.05, 4.69) is 66.2 Å². The largest absolute Gasteiger partial charge is 0.514 e. The van der Waals surface area contributed by atoms with Crippen molar-refractivity contribution >= 4 is 22.3 Å². The van der Waals surface area contributed by atoms with Gasteiger partial charge in [0.05, 0.1) is 12.8 Å². The van der Waals surface area contributed by atoms with Crippen LogP contribution in [0.3, 0.4) is 0 Å². The molecule has 1 saturated heterocycles. The number of hydrogen-bond donors (Lipinski definition) is 2. The van der Waals surface area contributed by atoms with Crippen molar-refractivity contribution in [3.63, 3.8) is 0 Å². The molecule has 2 heterocycles. The molecule has 1 aliphatic heterocycles. The fourth-order valence-electron chi connectivity index (χ4n) is 4.97. The van der Waals surface area contributed by atoms with Crippen LogP contribution in [0.25, 0.3) is 27.6 Å². The number of fused-ring (bicyclic) bond motifs is 1. The molecule has 0 atom stereocenters. The van der Waals surface area contributed by atoms with Crippen molar-refractivity contribution in [1.82, 2.24) is 9.88 Å². The van der Waals surface area contributed by atoms with Gasteiger partial charge in [-0.25, -0.2) is 0 Å². The standard InChI is InChI=1S/C28H30N2O2/c1-28(2)11-10-27(32)25(16-28)21-6-3-5-19(13-21)20-8-9-26-22(14-20)15-23(29-26)17-30-12-4-7-24(30)18-31/h3,5-6,8-9,13-16,18,29,31H,4,7,10-12,17H2,1-2H3/b24-18-. The SMILES string of the molecule is CC1(C)C=C(c2cccc(-c3ccc4[nH]c(CN5CCC/C5=C/O)cc4c3)c2)C(=O)CC1. The molecule has 0 radical (unpaired) electrons. The van der Waals surface area contributed by atoms with Crippen molar-refractivity contribution in [3.05, 3.63) is 77.8 Å². The van der Waals surface area contributed by atoms with Crippen LogP contribution in [0.2, 0.25) is 0 Å². The van der Waals surface area contributed by atoms with Crippen molar-refractivity contribution < 1.29 is 9.90 Å². The van der Waals surface area contributed by atoms with E-state index in [0.29, 0.717) is 6.42 Å². The van der Waals surface area contributed by atoms with Gasteiger partial charge in [-0.2, -0.15) is 0 Å². The molecular weight excluding hydrogens is 396 g/mol. The molecule has 164 valence electrons. The van der Waals surface area contributed by atoms with Gasteiger partial charge in [0, 0.05) is 40.8 Å². The number of aromatic amines is 1. The van der Waals surface area contributed by atoms with Gasteiger partial charge in [0.2, 0.25) is 0 Å². The van der Waals surface area contributed by atoms with E-state index in [4.69, 9.17) is 0 Å². The molecule has 2 aromatic carbocycles. The Morgan fingerprint density at radius 2 is 1.88 bits per heavy atom. The van der Waals surface area contributed by atoms with Crippen LogP contribution < -0.4 is 0 Å². The van der Waals surface area contributed by atoms with Gasteiger partial charge in [-0.1, -0.05) is 44.2 Å². The monoisotopic (exact) mass is 426 g/mol. The molecule has 1 fully saturated rings. The number of aliphatic hydroxyl groups excluding tert-OH is 1. The van der Waals surface area contributed by atoms with Gasteiger partial charge in [0.25, 0.3) is 0 Å². The molecule has 0 unspecified atom stereocenters. The summed E-state index contributed by atoms with van der Waals surface area (Å²) in [5.74, 6) is 0.241. The maximum Gasteiger partial charge on any atom is 0.163 e. The molecule has 2 N–H and O–H groups in total. The van der Waals surface area contributed by atoms with E-state index in [1.165, 1.54) is 11.6 Å². The molecule has 3 aromatic rings. The quantitative estimate of drug-likeness (QED) is 0.462. The van der Waals surface area contributed by atoms with E-state index in [1.54, 1.807) is 0 Å². The lowest BCUT2D eigenvalue weighted by Gasteiger charge is -2.26. The minimum absolute atomic E-state index is 0.0557. The predicted octanol–water partition coefficient (Wildman–Crippen LogP) is 6.60. The van der Waals surface area contributed by atoms with Crippen LogP contribution in [0, 0.1) is 5.41 Å². The van der Waals surface area contributed by atoms with E-state index >= 15 is 0 Å². The van der Waals surface area contributed by atoms with Crippen molar-refractivity contribution in [3.8, 4) is 11.1 Å². The average Bonchev–Trinajstić information content (AvgIpc) is 3.41. The van der Waals surface area contributed by atoms with Crippen LogP contribution in [0.4, 0.5) is 0 Å². The number of carbonyl (C=O) groups is 1. The Bertz CT molecular complexity index is 1250. The Morgan fingerprint density at radius 3 is 2.72 bits per heavy atom. The second-order valence-electron chi connectivity index (χ2n) is 9.79. The lowest BCUT2D eigenvalue weighted by Crippen LogP contribution is -2.19. The summed E-state index contributed by atoms with van der Waals surface area (Å²) < 4.78 is 0. The maximum atomic E-state index is 12.6. The molecule has 32 heavy (non-hydrogen) atoms. The average molecular weight is 427 g/mol. The zero-order valence-corrected chi connectivity index (χ0v) is 18.8. The number of benzene rings is 2. The number of ketones is 1. The van der Waals surface area contributed by atoms with E-state index in [0.717, 1.165) is 71.5 Å². The number of nitrogens with zero attached hydrogens (tertiary/aromatic N) is 1. The summed E-state index contributed by atoms with van der Waals surface area (Å²) in [4.78, 5) is 18.3. The summed E-state index contributed by atoms with van der Waals surface area (Å²) >= 11 is 0. The minimum atomic E-state index is 0.0557. The number of rotatable bonds is 4. The normalized spacial score (nSPS) is 19.7. The van der Waals surface area contributed by atoms with Gasteiger partial charge >= 0.3 is 0 Å². The first-order valence-electron chi connectivity index (χ1n) is 11.5. The van der Waals surface area contributed by atoms with Gasteiger partial charge in [-0.3, -0.25) is 4.79 Å². The van der Waals surface area contributed by atoms with Crippen molar-refractivity contribution in [1.29, 1.82) is 0 Å². The highest BCUT2D eigenvalue weighted by molar-refractivity contribution is 6.21. The number of Topliss-reactive ketones (excluding diaryl/α,β-unsaturated/α-hetero) is 1. The molecular formula is C28H30N2O2. The summed E-state index contributed by atoms with van der Waals surface area (Å²) in [6.07, 6.45) is 6.94. The topological polar surface area (TPSA) is 56.3 Å². The van der Waals surface area contributed by atoms with Gasteiger partial charge < -0.3 is 15.0 Å². The van der Waals surface area contributed by atoms with Crippen LogP contribution in [-0.2, 0) is 11.3 Å². The zero-order chi connectivity index (χ0) is 22.3. The number of allylic oxidation sites excluding steroid dienone is 3. The fraction of sp³-hybridized carbons (Fsp3) is 0.321. The number of hydrogen-bond acceptors (Lipinski definition) is 3. The molecule has 5 rings (SSSR count). The minimum Gasteiger partial charge on any atom is -0.514 e. The first-order valence-corrected chi connectivity index (χ1v) is 11.5. The molecule has 1 aliphatic carbocycles. The highest BCUT2D eigenvalue weighted by Gasteiger charge is 2.26. The van der Waals surface area contributed by atoms with Crippen molar-refractivity contribution in [2.45, 2.75) is 46.1 Å². The molecule has 0 spiro atoms. The molecule has 0 amide bonds. The highest BCUT2D eigenvalue weighted by atomic mass is 16.2. The Labute approximate surface area is 189 Å². The lowest BCUT2D eigenvalue weighted by atomic mass is 9.77. The number of carbonyl (C=O) groups excluding carboxylic acids is 1. The van der Waals surface area contributed by atoms with Crippen LogP contribution in [0.1, 0.15) is 50.8 Å². The third-order valence-corrected chi connectivity index (χ3v) is 6.79. The van der Waals surface area contributed by atoms with Gasteiger partial charge in [0.15, 0.2) is 5.78 Å². The highest BCUT2D eigenvalue weighted by Crippen LogP contribution is 2.36. The summed E-state index contributed by atoms with van der Waals surface area (Å²) in [7, 11) is 0. The fourth-order valence-corrected chi connectivity index (χ4v) is 4.97. The van der Waals surface area contributed by atoms with Crippen LogP contribution in [-0.4, -0.2) is 27.3 Å². The Hall–Kier alpha value is -3.27. The number of aromatic nitrogens is 1. The Morgan fingerprint density at radius 1 is 1.06 bits per heavy atom. The van der Waals surface area contributed by atoms with Crippen LogP contribution in [0.5, 0.6) is 0 Å². The smallest absolute Gasteiger partial charge is 0.163 e. The molecule has 4 heteroatoms. The van der Waals surface area contributed by atoms with Gasteiger partial charge in [0.1, 0.15) is 0 Å². The Kier molecular flexibility index (Phi) is 5.16. The van der Waals surface area contributed by atoms with Crippen molar-refractivity contribution in [2.75, 3.05) is 6.54 Å². The third-order valence-electron chi connectivity index (χ3n) is 6.79. The van der Waals surface area contributed by atoms with E-state index < -0.39 is 0 Å². The lowest BCUT2D eigenvalue weighted by molar-refractivity contribution is -0.114. The van der Waals surface area contributed by atoms with Crippen LogP contribution in [0.15, 0.2) is 66.6 Å². The predicted molar refractivity (Wildman–Crippen MR) is 130 cm³/mol. The maximum absolute atomic E-state index is 12.6. The molecule has 2 aliphatic rings. The first kappa shape index (κ1) is 20.6. The first-order chi connectivity index (χ1) is 15.4. The zero-order valence-electron chi connectivity index (χ0n) is 18.8. The van der Waals surface area contributed by atoms with Gasteiger partial charge in [-0.05, 0) is 65.6 Å². The second-order valence-corrected chi connectivity index (χ2v) is 9.79. The summed E-state index contributed by atoms with van der Waals surface area (Å²) in [5.41, 5.74) is 7.45. The summed E-state index contributed by atoms with van der Waals surface area (Å²) in [6, 6.07) is 17.0. The second kappa shape index (κ2) is 8.01. The molecule has 1 aromatic heterocycles. The number of H-pyrrole nitrogens is 1. The summed E-state index contributed by atoms with van der Waals surface area (Å²) in [6.45, 7) is 6.15. The molecule has 0 bridgehead atoms. The summed E-state index contributed by atoms with van der Waals surface area (Å²) in [5, 5.41) is 10.6. The molecule has 0 saturated carbocycles. The molecule has 4 nitrogen and oxygen atoms in total. The number of nitrogens with one attached hydrogen (secondary N) is 1. The van der Waals surface area contributed by atoms with Crippen molar-refractivity contribution in [2.24, 2.45) is 5.41 Å². The van der Waals surface area contributed by atoms with Crippen LogP contribution >= 0.6 is 0 Å². The van der Waals surface area contributed by atoms with E-state index in [-0.39, 0.29) is 11.2 Å².